The summed E-state index contributed by atoms with van der Waals surface area (Å²) in [4.78, 5) is 15.8. The van der Waals surface area contributed by atoms with Crippen molar-refractivity contribution in [2.75, 3.05) is 26.4 Å². The van der Waals surface area contributed by atoms with Crippen molar-refractivity contribution in [3.8, 4) is 0 Å². The molecule has 0 bridgehead atoms. The van der Waals surface area contributed by atoms with Crippen molar-refractivity contribution in [1.29, 1.82) is 0 Å². The standard InChI is InChI=1S/C9H15F3N2O3/c10-9(11,12)6-17-14-7(15)8(5-13)1-3-16-4-2-8/h1-6,13H2,(H,14,15). The minimum absolute atomic E-state index is 0.0531. The molecule has 8 heteroatoms. The van der Waals surface area contributed by atoms with E-state index in [-0.39, 0.29) is 6.54 Å². The van der Waals surface area contributed by atoms with E-state index in [0.717, 1.165) is 0 Å². The van der Waals surface area contributed by atoms with Crippen molar-refractivity contribution in [3.05, 3.63) is 0 Å². The summed E-state index contributed by atoms with van der Waals surface area (Å²) in [5.41, 5.74) is 6.42. The molecule has 3 N–H and O–H groups in total. The van der Waals surface area contributed by atoms with Gasteiger partial charge in [-0.1, -0.05) is 0 Å². The van der Waals surface area contributed by atoms with E-state index in [1.54, 1.807) is 5.48 Å². The van der Waals surface area contributed by atoms with Crippen molar-refractivity contribution in [2.45, 2.75) is 19.0 Å². The summed E-state index contributed by atoms with van der Waals surface area (Å²) >= 11 is 0. The third-order valence-electron chi connectivity index (χ3n) is 2.72. The Labute approximate surface area is 96.4 Å². The van der Waals surface area contributed by atoms with Crippen LogP contribution < -0.4 is 11.2 Å². The molecule has 0 aromatic rings. The zero-order chi connectivity index (χ0) is 12.9. The van der Waals surface area contributed by atoms with Crippen LogP contribution in [0.2, 0.25) is 0 Å². The Hall–Kier alpha value is -0.860. The van der Waals surface area contributed by atoms with E-state index in [1.807, 2.05) is 0 Å². The summed E-state index contributed by atoms with van der Waals surface area (Å²) in [6, 6.07) is 0. The largest absolute Gasteiger partial charge is 0.414 e. The lowest BCUT2D eigenvalue weighted by molar-refractivity contribution is -0.195. The van der Waals surface area contributed by atoms with Crippen LogP contribution in [0.5, 0.6) is 0 Å². The molecule has 0 saturated carbocycles. The number of hydrogen-bond acceptors (Lipinski definition) is 4. The van der Waals surface area contributed by atoms with Crippen molar-refractivity contribution in [2.24, 2.45) is 11.1 Å². The van der Waals surface area contributed by atoms with Crippen LogP contribution in [0.1, 0.15) is 12.8 Å². The van der Waals surface area contributed by atoms with Gasteiger partial charge in [-0.2, -0.15) is 13.2 Å². The highest BCUT2D eigenvalue weighted by molar-refractivity contribution is 5.82. The van der Waals surface area contributed by atoms with Gasteiger partial charge in [-0.3, -0.25) is 9.63 Å². The van der Waals surface area contributed by atoms with Crippen LogP contribution >= 0.6 is 0 Å². The van der Waals surface area contributed by atoms with E-state index in [4.69, 9.17) is 10.5 Å². The zero-order valence-electron chi connectivity index (χ0n) is 9.18. The Morgan fingerprint density at radius 1 is 1.41 bits per heavy atom. The van der Waals surface area contributed by atoms with Gasteiger partial charge in [-0.15, -0.1) is 0 Å². The number of nitrogens with one attached hydrogen (secondary N) is 1. The monoisotopic (exact) mass is 256 g/mol. The first-order valence-corrected chi connectivity index (χ1v) is 5.16. The summed E-state index contributed by atoms with van der Waals surface area (Å²) < 4.78 is 40.5. The smallest absolute Gasteiger partial charge is 0.381 e. The van der Waals surface area contributed by atoms with Crippen LogP contribution in [0.3, 0.4) is 0 Å². The second-order valence-electron chi connectivity index (χ2n) is 3.93. The van der Waals surface area contributed by atoms with E-state index in [0.29, 0.717) is 26.1 Å². The summed E-state index contributed by atoms with van der Waals surface area (Å²) in [6.45, 7) is -0.735. The van der Waals surface area contributed by atoms with Crippen molar-refractivity contribution in [3.63, 3.8) is 0 Å². The molecule has 1 amide bonds. The lowest BCUT2D eigenvalue weighted by Gasteiger charge is -2.34. The molecule has 0 aromatic heterocycles. The topological polar surface area (TPSA) is 73.6 Å². The quantitative estimate of drug-likeness (QED) is 0.712. The predicted molar refractivity (Wildman–Crippen MR) is 51.7 cm³/mol. The first kappa shape index (κ1) is 14.2. The lowest BCUT2D eigenvalue weighted by atomic mass is 9.79. The van der Waals surface area contributed by atoms with Crippen molar-refractivity contribution < 1.29 is 27.5 Å². The molecular weight excluding hydrogens is 241 g/mol. The van der Waals surface area contributed by atoms with E-state index in [1.165, 1.54) is 0 Å². The number of rotatable bonds is 4. The molecule has 17 heavy (non-hydrogen) atoms. The van der Waals surface area contributed by atoms with Crippen LogP contribution in [-0.4, -0.2) is 38.4 Å². The Morgan fingerprint density at radius 3 is 2.47 bits per heavy atom. The molecule has 1 saturated heterocycles. The summed E-state index contributed by atoms with van der Waals surface area (Å²) in [5.74, 6) is -0.618. The molecule has 5 nitrogen and oxygen atoms in total. The number of carbonyl (C=O) groups excluding carboxylic acids is 1. The van der Waals surface area contributed by atoms with E-state index in [9.17, 15) is 18.0 Å². The molecule has 1 fully saturated rings. The number of hydrogen-bond donors (Lipinski definition) is 2. The third-order valence-corrected chi connectivity index (χ3v) is 2.72. The molecule has 0 radical (unpaired) electrons. The highest BCUT2D eigenvalue weighted by Gasteiger charge is 2.39. The average Bonchev–Trinajstić information content (AvgIpc) is 2.28. The second kappa shape index (κ2) is 5.65. The van der Waals surface area contributed by atoms with E-state index >= 15 is 0 Å². The Balaban J connectivity index is 2.44. The molecule has 1 aliphatic heterocycles. The maximum Gasteiger partial charge on any atom is 0.414 e. The van der Waals surface area contributed by atoms with Gasteiger partial charge >= 0.3 is 6.18 Å². The number of hydroxylamine groups is 1. The molecule has 0 aromatic carbocycles. The lowest BCUT2D eigenvalue weighted by Crippen LogP contribution is -2.49. The summed E-state index contributed by atoms with van der Waals surface area (Å²) in [5, 5.41) is 0. The highest BCUT2D eigenvalue weighted by atomic mass is 19.4. The van der Waals surface area contributed by atoms with Gasteiger partial charge in [0.25, 0.3) is 5.91 Å². The Kier molecular flexibility index (Phi) is 4.72. The highest BCUT2D eigenvalue weighted by Crippen LogP contribution is 2.29. The molecule has 100 valence electrons. The van der Waals surface area contributed by atoms with Crippen LogP contribution in [0, 0.1) is 5.41 Å². The zero-order valence-corrected chi connectivity index (χ0v) is 9.18. The number of carbonyl (C=O) groups is 1. The molecule has 1 heterocycles. The fourth-order valence-electron chi connectivity index (χ4n) is 1.58. The average molecular weight is 256 g/mol. The maximum absolute atomic E-state index is 11.8. The van der Waals surface area contributed by atoms with Gasteiger partial charge in [0.15, 0.2) is 6.61 Å². The minimum Gasteiger partial charge on any atom is -0.381 e. The summed E-state index contributed by atoms with van der Waals surface area (Å²) in [6.07, 6.45) is -3.71. The fourth-order valence-corrected chi connectivity index (χ4v) is 1.58. The van der Waals surface area contributed by atoms with Crippen LogP contribution in [0.4, 0.5) is 13.2 Å². The van der Waals surface area contributed by atoms with Gasteiger partial charge in [0.1, 0.15) is 0 Å². The van der Waals surface area contributed by atoms with Gasteiger partial charge in [0.05, 0.1) is 5.41 Å². The predicted octanol–water partition coefficient (Wildman–Crippen LogP) is 0.352. The Morgan fingerprint density at radius 2 is 2.00 bits per heavy atom. The molecule has 0 aliphatic carbocycles. The Bertz CT molecular complexity index is 265. The number of amides is 1. The number of halogens is 3. The fraction of sp³-hybridized carbons (Fsp3) is 0.889. The molecule has 0 unspecified atom stereocenters. The SMILES string of the molecule is NCC1(C(=O)NOCC(F)(F)F)CCOCC1. The first-order chi connectivity index (χ1) is 7.90. The number of alkyl halides is 3. The van der Waals surface area contributed by atoms with Crippen molar-refractivity contribution in [1.82, 2.24) is 5.48 Å². The maximum atomic E-state index is 11.8. The molecule has 1 aliphatic rings. The second-order valence-corrected chi connectivity index (χ2v) is 3.93. The summed E-state index contributed by atoms with van der Waals surface area (Å²) in [7, 11) is 0. The van der Waals surface area contributed by atoms with Crippen LogP contribution in [-0.2, 0) is 14.4 Å². The normalized spacial score (nSPS) is 20.0. The molecule has 1 rings (SSSR count). The van der Waals surface area contributed by atoms with Gasteiger partial charge in [-0.05, 0) is 12.8 Å². The molecular formula is C9H15F3N2O3. The molecule has 0 spiro atoms. The van der Waals surface area contributed by atoms with Gasteiger partial charge in [0.2, 0.25) is 0 Å². The number of ether oxygens (including phenoxy) is 1. The van der Waals surface area contributed by atoms with E-state index in [2.05, 4.69) is 4.84 Å². The van der Waals surface area contributed by atoms with Gasteiger partial charge < -0.3 is 10.5 Å². The first-order valence-electron chi connectivity index (χ1n) is 5.16. The van der Waals surface area contributed by atoms with Crippen LogP contribution in [0.25, 0.3) is 0 Å². The minimum atomic E-state index is -4.47. The van der Waals surface area contributed by atoms with E-state index < -0.39 is 24.1 Å². The number of nitrogens with two attached hydrogens (primary N) is 1. The van der Waals surface area contributed by atoms with Crippen molar-refractivity contribution >= 4 is 5.91 Å². The third kappa shape index (κ3) is 4.14. The molecule has 0 atom stereocenters. The van der Waals surface area contributed by atoms with Crippen LogP contribution in [0.15, 0.2) is 0 Å². The van der Waals surface area contributed by atoms with Gasteiger partial charge in [-0.25, -0.2) is 5.48 Å². The van der Waals surface area contributed by atoms with Gasteiger partial charge in [0, 0.05) is 19.8 Å².